The molecule has 0 unspecified atom stereocenters. The summed E-state index contributed by atoms with van der Waals surface area (Å²) >= 11 is 0. The van der Waals surface area contributed by atoms with E-state index in [9.17, 15) is 9.18 Å². The number of carbonyl (C=O) groups is 1. The van der Waals surface area contributed by atoms with Gasteiger partial charge in [0.05, 0.1) is 0 Å². The highest BCUT2D eigenvalue weighted by molar-refractivity contribution is 6.01. The van der Waals surface area contributed by atoms with Crippen LogP contribution in [-0.2, 0) is 6.42 Å². The molecule has 2 aromatic carbocycles. The lowest BCUT2D eigenvalue weighted by molar-refractivity contribution is 0.0994. The normalized spacial score (nSPS) is 13.8. The molecule has 0 saturated heterocycles. The van der Waals surface area contributed by atoms with E-state index in [2.05, 4.69) is 0 Å². The number of rotatable bonds is 1. The molecule has 3 rings (SSSR count). The van der Waals surface area contributed by atoms with Gasteiger partial charge in [-0.25, -0.2) is 4.39 Å². The van der Waals surface area contributed by atoms with Crippen molar-refractivity contribution in [1.82, 2.24) is 0 Å². The molecule has 18 heavy (non-hydrogen) atoms. The summed E-state index contributed by atoms with van der Waals surface area (Å²) in [6.07, 6.45) is 1.39. The summed E-state index contributed by atoms with van der Waals surface area (Å²) < 4.78 is 13.9. The third kappa shape index (κ3) is 1.74. The van der Waals surface area contributed by atoms with Gasteiger partial charge in [0.15, 0.2) is 5.78 Å². The van der Waals surface area contributed by atoms with Crippen LogP contribution in [0.5, 0.6) is 0 Å². The van der Waals surface area contributed by atoms with E-state index in [1.807, 2.05) is 31.2 Å². The van der Waals surface area contributed by atoms with Crippen molar-refractivity contribution in [3.8, 4) is 11.1 Å². The molecule has 1 nitrogen and oxygen atoms in total. The molecule has 0 N–H and O–H groups in total. The van der Waals surface area contributed by atoms with Crippen molar-refractivity contribution in [2.45, 2.75) is 19.8 Å². The molecule has 0 fully saturated rings. The van der Waals surface area contributed by atoms with Crippen molar-refractivity contribution in [1.29, 1.82) is 0 Å². The van der Waals surface area contributed by atoms with Crippen LogP contribution in [-0.4, -0.2) is 5.78 Å². The van der Waals surface area contributed by atoms with E-state index in [4.69, 9.17) is 0 Å². The standard InChI is InChI=1S/C16H13FO/c1-10-2-6-13(15(17)8-10)12-4-3-11-5-7-16(18)14(11)9-12/h2-4,6,8-9H,5,7H2,1H3. The molecule has 0 amide bonds. The summed E-state index contributed by atoms with van der Waals surface area (Å²) in [5.41, 5.74) is 4.07. The smallest absolute Gasteiger partial charge is 0.163 e. The fourth-order valence-corrected chi connectivity index (χ4v) is 2.46. The fraction of sp³-hybridized carbons (Fsp3) is 0.188. The number of hydrogen-bond acceptors (Lipinski definition) is 1. The third-order valence-corrected chi connectivity index (χ3v) is 3.47. The van der Waals surface area contributed by atoms with Crippen LogP contribution in [0.1, 0.15) is 27.9 Å². The van der Waals surface area contributed by atoms with Crippen molar-refractivity contribution in [3.05, 3.63) is 58.9 Å². The van der Waals surface area contributed by atoms with E-state index >= 15 is 0 Å². The Morgan fingerprint density at radius 3 is 2.61 bits per heavy atom. The molecule has 0 saturated carbocycles. The van der Waals surface area contributed by atoms with Gasteiger partial charge >= 0.3 is 0 Å². The Labute approximate surface area is 105 Å². The van der Waals surface area contributed by atoms with Crippen LogP contribution in [0.15, 0.2) is 36.4 Å². The Kier molecular flexibility index (Phi) is 2.51. The van der Waals surface area contributed by atoms with Gasteiger partial charge < -0.3 is 0 Å². The topological polar surface area (TPSA) is 17.1 Å². The maximum absolute atomic E-state index is 13.9. The van der Waals surface area contributed by atoms with Crippen LogP contribution >= 0.6 is 0 Å². The van der Waals surface area contributed by atoms with Crippen LogP contribution in [0.3, 0.4) is 0 Å². The summed E-state index contributed by atoms with van der Waals surface area (Å²) in [7, 11) is 0. The van der Waals surface area contributed by atoms with Gasteiger partial charge in [-0.3, -0.25) is 4.79 Å². The number of ketones is 1. The van der Waals surface area contributed by atoms with Gasteiger partial charge in [-0.1, -0.05) is 24.3 Å². The van der Waals surface area contributed by atoms with Crippen molar-refractivity contribution in [3.63, 3.8) is 0 Å². The highest BCUT2D eigenvalue weighted by Gasteiger charge is 2.20. The second kappa shape index (κ2) is 4.05. The first kappa shape index (κ1) is 11.1. The van der Waals surface area contributed by atoms with Crippen molar-refractivity contribution in [2.75, 3.05) is 0 Å². The average Bonchev–Trinajstić information content (AvgIpc) is 2.71. The number of hydrogen-bond donors (Lipinski definition) is 0. The van der Waals surface area contributed by atoms with Gasteiger partial charge in [0, 0.05) is 17.5 Å². The van der Waals surface area contributed by atoms with Crippen LogP contribution in [0.25, 0.3) is 11.1 Å². The van der Waals surface area contributed by atoms with E-state index in [1.54, 1.807) is 6.07 Å². The number of Topliss-reactive ketones (excluding diaryl/α,β-unsaturated/α-hetero) is 1. The molecule has 1 aliphatic carbocycles. The quantitative estimate of drug-likeness (QED) is 0.738. The maximum atomic E-state index is 13.9. The van der Waals surface area contributed by atoms with Crippen LogP contribution in [0, 0.1) is 12.7 Å². The highest BCUT2D eigenvalue weighted by Crippen LogP contribution is 2.29. The zero-order chi connectivity index (χ0) is 12.7. The molecule has 0 aromatic heterocycles. The Bertz CT molecular complexity index is 644. The predicted octanol–water partition coefficient (Wildman–Crippen LogP) is 3.93. The molecule has 2 heteroatoms. The highest BCUT2D eigenvalue weighted by atomic mass is 19.1. The summed E-state index contributed by atoms with van der Waals surface area (Å²) in [6, 6.07) is 10.8. The Balaban J connectivity index is 2.13. The minimum atomic E-state index is -0.236. The van der Waals surface area contributed by atoms with Gasteiger partial charge in [0.1, 0.15) is 5.82 Å². The molecular weight excluding hydrogens is 227 g/mol. The fourth-order valence-electron chi connectivity index (χ4n) is 2.46. The summed E-state index contributed by atoms with van der Waals surface area (Å²) in [6.45, 7) is 1.86. The molecule has 0 bridgehead atoms. The van der Waals surface area contributed by atoms with Crippen LogP contribution in [0.4, 0.5) is 4.39 Å². The molecular formula is C16H13FO. The minimum Gasteiger partial charge on any atom is -0.294 e. The summed E-state index contributed by atoms with van der Waals surface area (Å²) in [5, 5.41) is 0. The van der Waals surface area contributed by atoms with E-state index in [-0.39, 0.29) is 11.6 Å². The minimum absolute atomic E-state index is 0.166. The Morgan fingerprint density at radius 1 is 1.00 bits per heavy atom. The zero-order valence-electron chi connectivity index (χ0n) is 10.2. The molecule has 0 heterocycles. The third-order valence-electron chi connectivity index (χ3n) is 3.47. The van der Waals surface area contributed by atoms with Crippen molar-refractivity contribution >= 4 is 5.78 Å². The van der Waals surface area contributed by atoms with Gasteiger partial charge in [-0.2, -0.15) is 0 Å². The molecule has 1 aliphatic rings. The largest absolute Gasteiger partial charge is 0.294 e. The lowest BCUT2D eigenvalue weighted by atomic mass is 9.99. The second-order valence-electron chi connectivity index (χ2n) is 4.78. The lowest BCUT2D eigenvalue weighted by Gasteiger charge is -2.06. The first-order valence-electron chi connectivity index (χ1n) is 6.08. The lowest BCUT2D eigenvalue weighted by Crippen LogP contribution is -1.93. The SMILES string of the molecule is Cc1ccc(-c2ccc3c(c2)C(=O)CC3)c(F)c1. The van der Waals surface area contributed by atoms with Crippen molar-refractivity contribution in [2.24, 2.45) is 0 Å². The van der Waals surface area contributed by atoms with Gasteiger partial charge in [-0.05, 0) is 42.2 Å². The van der Waals surface area contributed by atoms with Gasteiger partial charge in [0.2, 0.25) is 0 Å². The molecule has 90 valence electrons. The monoisotopic (exact) mass is 240 g/mol. The number of carbonyl (C=O) groups excluding carboxylic acids is 1. The maximum Gasteiger partial charge on any atom is 0.163 e. The number of benzene rings is 2. The summed E-state index contributed by atoms with van der Waals surface area (Å²) in [4.78, 5) is 11.7. The van der Waals surface area contributed by atoms with Crippen LogP contribution in [0.2, 0.25) is 0 Å². The van der Waals surface area contributed by atoms with Crippen LogP contribution < -0.4 is 0 Å². The first-order chi connectivity index (χ1) is 8.65. The molecule has 2 aromatic rings. The summed E-state index contributed by atoms with van der Waals surface area (Å²) in [5.74, 6) is -0.0697. The molecule has 0 radical (unpaired) electrons. The molecule has 0 atom stereocenters. The van der Waals surface area contributed by atoms with Gasteiger partial charge in [0.25, 0.3) is 0 Å². The first-order valence-corrected chi connectivity index (χ1v) is 6.08. The Morgan fingerprint density at radius 2 is 1.83 bits per heavy atom. The molecule has 0 spiro atoms. The predicted molar refractivity (Wildman–Crippen MR) is 69.2 cm³/mol. The zero-order valence-corrected chi connectivity index (χ0v) is 10.2. The Hall–Kier alpha value is -1.96. The van der Waals surface area contributed by atoms with E-state index in [1.165, 1.54) is 6.07 Å². The van der Waals surface area contributed by atoms with Crippen molar-refractivity contribution < 1.29 is 9.18 Å². The van der Waals surface area contributed by atoms with E-state index in [0.717, 1.165) is 28.7 Å². The number of fused-ring (bicyclic) bond motifs is 1. The van der Waals surface area contributed by atoms with E-state index < -0.39 is 0 Å². The number of aryl methyl sites for hydroxylation is 2. The molecule has 0 aliphatic heterocycles. The number of halogens is 1. The van der Waals surface area contributed by atoms with Gasteiger partial charge in [-0.15, -0.1) is 0 Å². The average molecular weight is 240 g/mol. The van der Waals surface area contributed by atoms with E-state index in [0.29, 0.717) is 12.0 Å². The second-order valence-corrected chi connectivity index (χ2v) is 4.78.